The van der Waals surface area contributed by atoms with Gasteiger partial charge in [0.25, 0.3) is 5.91 Å². The van der Waals surface area contributed by atoms with E-state index in [0.29, 0.717) is 26.2 Å². The molecule has 0 bridgehead atoms. The molecule has 1 aromatic carbocycles. The van der Waals surface area contributed by atoms with E-state index in [-0.39, 0.29) is 12.2 Å². The maximum Gasteiger partial charge on any atom is 0.253 e. The fourth-order valence-corrected chi connectivity index (χ4v) is 5.81. The van der Waals surface area contributed by atoms with Crippen molar-refractivity contribution in [2.24, 2.45) is 0 Å². The van der Waals surface area contributed by atoms with Crippen molar-refractivity contribution in [1.29, 1.82) is 0 Å². The Kier molecular flexibility index (Phi) is 9.97. The first kappa shape index (κ1) is 19.8. The summed E-state index contributed by atoms with van der Waals surface area (Å²) < 4.78 is 14.0. The number of hydrogen-bond donors (Lipinski definition) is 1. The highest BCUT2D eigenvalue weighted by molar-refractivity contribution is 14.1. The standard InChI is InChI=1S/C14H18I3NO3/c1-3-20-12(21-4-2)5-6-18-14(19)13-10(16)7-9(15)8-11(13)17/h7-8,12H,3-6H2,1-2H3,(H,18,19). The molecule has 21 heavy (non-hydrogen) atoms. The Labute approximate surface area is 166 Å². The molecule has 1 aromatic rings. The molecule has 0 atom stereocenters. The maximum atomic E-state index is 12.3. The molecule has 4 nitrogen and oxygen atoms in total. The summed E-state index contributed by atoms with van der Waals surface area (Å²) in [6.07, 6.45) is 0.389. The lowest BCUT2D eigenvalue weighted by atomic mass is 10.2. The number of halogens is 3. The molecule has 0 aliphatic rings. The van der Waals surface area contributed by atoms with Gasteiger partial charge in [0.05, 0.1) is 5.56 Å². The molecule has 1 amide bonds. The van der Waals surface area contributed by atoms with Gasteiger partial charge >= 0.3 is 0 Å². The van der Waals surface area contributed by atoms with Crippen molar-refractivity contribution < 1.29 is 14.3 Å². The molecule has 0 radical (unpaired) electrons. The van der Waals surface area contributed by atoms with Crippen molar-refractivity contribution in [3.63, 3.8) is 0 Å². The van der Waals surface area contributed by atoms with E-state index in [9.17, 15) is 4.79 Å². The minimum absolute atomic E-state index is 0.0491. The number of benzene rings is 1. The molecule has 1 rings (SSSR count). The summed E-state index contributed by atoms with van der Waals surface area (Å²) in [7, 11) is 0. The third kappa shape index (κ3) is 6.83. The zero-order chi connectivity index (χ0) is 15.8. The van der Waals surface area contributed by atoms with E-state index in [1.165, 1.54) is 0 Å². The normalized spacial score (nSPS) is 11.0. The summed E-state index contributed by atoms with van der Waals surface area (Å²) in [6.45, 7) is 5.60. The van der Waals surface area contributed by atoms with Crippen molar-refractivity contribution in [1.82, 2.24) is 5.32 Å². The first-order valence-corrected chi connectivity index (χ1v) is 9.89. The Balaban J connectivity index is 2.58. The van der Waals surface area contributed by atoms with E-state index >= 15 is 0 Å². The number of nitrogens with one attached hydrogen (secondary N) is 1. The second kappa shape index (κ2) is 10.6. The molecule has 0 aliphatic carbocycles. The highest BCUT2D eigenvalue weighted by Crippen LogP contribution is 2.22. The molecule has 1 N–H and O–H groups in total. The molecule has 0 saturated heterocycles. The average molecular weight is 629 g/mol. The summed E-state index contributed by atoms with van der Waals surface area (Å²) in [5, 5.41) is 2.94. The van der Waals surface area contributed by atoms with Gasteiger partial charge in [0.2, 0.25) is 0 Å². The number of carbonyl (C=O) groups is 1. The van der Waals surface area contributed by atoms with Crippen LogP contribution >= 0.6 is 67.8 Å². The van der Waals surface area contributed by atoms with E-state index < -0.39 is 0 Å². The van der Waals surface area contributed by atoms with Crippen LogP contribution in [0.15, 0.2) is 12.1 Å². The Morgan fingerprint density at radius 2 is 1.67 bits per heavy atom. The molecular formula is C14H18I3NO3. The van der Waals surface area contributed by atoms with Crippen molar-refractivity contribution in [3.05, 3.63) is 28.4 Å². The lowest BCUT2D eigenvalue weighted by Crippen LogP contribution is -2.30. The van der Waals surface area contributed by atoms with Crippen LogP contribution in [0, 0.1) is 10.7 Å². The van der Waals surface area contributed by atoms with Crippen molar-refractivity contribution in [2.45, 2.75) is 26.6 Å². The van der Waals surface area contributed by atoms with E-state index in [1.54, 1.807) is 0 Å². The van der Waals surface area contributed by atoms with Crippen LogP contribution in [0.1, 0.15) is 30.6 Å². The van der Waals surface area contributed by atoms with Gasteiger partial charge in [-0.2, -0.15) is 0 Å². The van der Waals surface area contributed by atoms with Gasteiger partial charge in [-0.15, -0.1) is 0 Å². The topological polar surface area (TPSA) is 47.6 Å². The molecule has 7 heteroatoms. The zero-order valence-corrected chi connectivity index (χ0v) is 18.4. The highest BCUT2D eigenvalue weighted by Gasteiger charge is 2.15. The third-order valence-electron chi connectivity index (χ3n) is 2.60. The highest BCUT2D eigenvalue weighted by atomic mass is 127. The predicted octanol–water partition coefficient (Wildman–Crippen LogP) is 4.02. The molecule has 0 saturated carbocycles. The second-order valence-electron chi connectivity index (χ2n) is 4.13. The van der Waals surface area contributed by atoms with Crippen LogP contribution in [0.3, 0.4) is 0 Å². The summed E-state index contributed by atoms with van der Waals surface area (Å²) in [6, 6.07) is 4.00. The monoisotopic (exact) mass is 629 g/mol. The largest absolute Gasteiger partial charge is 0.353 e. The van der Waals surface area contributed by atoms with Gasteiger partial charge in [-0.3, -0.25) is 4.79 Å². The van der Waals surface area contributed by atoms with Crippen LogP contribution < -0.4 is 5.32 Å². The molecule has 0 aliphatic heterocycles. The fraction of sp³-hybridized carbons (Fsp3) is 0.500. The minimum atomic E-state index is -0.254. The van der Waals surface area contributed by atoms with Crippen LogP contribution in [-0.2, 0) is 9.47 Å². The van der Waals surface area contributed by atoms with Crippen molar-refractivity contribution in [2.75, 3.05) is 19.8 Å². The lowest BCUT2D eigenvalue weighted by molar-refractivity contribution is -0.138. The first-order valence-electron chi connectivity index (χ1n) is 6.65. The van der Waals surface area contributed by atoms with Crippen LogP contribution in [0.25, 0.3) is 0 Å². The molecule has 0 unspecified atom stereocenters. The SMILES string of the molecule is CCOC(CCNC(=O)c1c(I)cc(I)cc1I)OCC. The molecular weight excluding hydrogens is 611 g/mol. The van der Waals surface area contributed by atoms with Crippen LogP contribution in [0.2, 0.25) is 0 Å². The molecule has 0 fully saturated rings. The molecule has 0 aromatic heterocycles. The average Bonchev–Trinajstić information content (AvgIpc) is 2.37. The summed E-state index contributed by atoms with van der Waals surface area (Å²) in [5.41, 5.74) is 0.737. The minimum Gasteiger partial charge on any atom is -0.353 e. The van der Waals surface area contributed by atoms with Crippen LogP contribution in [0.5, 0.6) is 0 Å². The van der Waals surface area contributed by atoms with E-state index in [0.717, 1.165) is 16.3 Å². The Hall–Kier alpha value is 0.800. The number of carbonyl (C=O) groups excluding carboxylic acids is 1. The van der Waals surface area contributed by atoms with Gasteiger partial charge in [-0.1, -0.05) is 0 Å². The van der Waals surface area contributed by atoms with Gasteiger partial charge in [0, 0.05) is 36.9 Å². The maximum absolute atomic E-state index is 12.3. The summed E-state index contributed by atoms with van der Waals surface area (Å²) in [4.78, 5) is 12.3. The Morgan fingerprint density at radius 3 is 2.14 bits per heavy atom. The van der Waals surface area contributed by atoms with Gasteiger partial charge in [0.15, 0.2) is 6.29 Å². The van der Waals surface area contributed by atoms with Gasteiger partial charge in [-0.05, 0) is 93.8 Å². The van der Waals surface area contributed by atoms with Gasteiger partial charge in [-0.25, -0.2) is 0 Å². The van der Waals surface area contributed by atoms with Crippen molar-refractivity contribution >= 4 is 73.7 Å². The van der Waals surface area contributed by atoms with Crippen LogP contribution in [0.4, 0.5) is 0 Å². The zero-order valence-electron chi connectivity index (χ0n) is 11.9. The number of amides is 1. The van der Waals surface area contributed by atoms with E-state index in [1.807, 2.05) is 26.0 Å². The molecule has 0 heterocycles. The third-order valence-corrected chi connectivity index (χ3v) is 4.93. The molecule has 118 valence electrons. The van der Waals surface area contributed by atoms with Gasteiger partial charge in [0.1, 0.15) is 0 Å². The van der Waals surface area contributed by atoms with E-state index in [4.69, 9.17) is 9.47 Å². The first-order chi connectivity index (χ1) is 9.99. The van der Waals surface area contributed by atoms with Crippen molar-refractivity contribution in [3.8, 4) is 0 Å². The Morgan fingerprint density at radius 1 is 1.14 bits per heavy atom. The van der Waals surface area contributed by atoms with Gasteiger partial charge < -0.3 is 14.8 Å². The smallest absolute Gasteiger partial charge is 0.253 e. The number of hydrogen-bond acceptors (Lipinski definition) is 3. The second-order valence-corrected chi connectivity index (χ2v) is 7.70. The summed E-state index contributed by atoms with van der Waals surface area (Å²) >= 11 is 6.65. The lowest BCUT2D eigenvalue weighted by Gasteiger charge is -2.17. The molecule has 0 spiro atoms. The Bertz CT molecular complexity index is 454. The van der Waals surface area contributed by atoms with Crippen LogP contribution in [-0.4, -0.2) is 32.0 Å². The summed E-state index contributed by atoms with van der Waals surface area (Å²) in [5.74, 6) is -0.0491. The predicted molar refractivity (Wildman–Crippen MR) is 109 cm³/mol. The quantitative estimate of drug-likeness (QED) is 0.350. The van der Waals surface area contributed by atoms with E-state index in [2.05, 4.69) is 73.1 Å². The number of ether oxygens (including phenoxy) is 2. The number of rotatable bonds is 8. The fourth-order valence-electron chi connectivity index (χ4n) is 1.74.